The number of nitrogens with zero attached hydrogens (tertiary/aromatic N) is 2. The molecule has 0 amide bonds. The van der Waals surface area contributed by atoms with Crippen LogP contribution in [-0.2, 0) is 0 Å². The Labute approximate surface area is 132 Å². The van der Waals surface area contributed by atoms with Gasteiger partial charge >= 0.3 is 0 Å². The summed E-state index contributed by atoms with van der Waals surface area (Å²) in [6, 6.07) is 8.28. The van der Waals surface area contributed by atoms with Gasteiger partial charge < -0.3 is 9.97 Å². The van der Waals surface area contributed by atoms with Gasteiger partial charge in [-0.3, -0.25) is 4.99 Å². The summed E-state index contributed by atoms with van der Waals surface area (Å²) in [6.07, 6.45) is 8.06. The number of hydrogen-bond acceptors (Lipinski definition) is 2. The highest BCUT2D eigenvalue weighted by Crippen LogP contribution is 2.08. The predicted octanol–water partition coefficient (Wildman–Crippen LogP) is -0.234. The van der Waals surface area contributed by atoms with E-state index in [1.165, 1.54) is 0 Å². The largest absolute Gasteiger partial charge is 0.349 e. The first kappa shape index (κ1) is 13.4. The normalized spacial score (nSPS) is 18.9. The molecule has 4 heteroatoms. The average Bonchev–Trinajstić information content (AvgIpc) is 3.31. The summed E-state index contributed by atoms with van der Waals surface area (Å²) in [5, 5.41) is 3.75. The van der Waals surface area contributed by atoms with Gasteiger partial charge in [-0.05, 0) is 55.1 Å². The SMILES string of the molecule is C1=C=NC(=C=c2ccc(=C=c3ccc(=CC4CCC=N4)[nH]3)[nH]2)C=1. The van der Waals surface area contributed by atoms with Crippen molar-refractivity contribution in [3.8, 4) is 0 Å². The number of aromatic amines is 2. The molecule has 110 valence electrons. The van der Waals surface area contributed by atoms with Crippen LogP contribution >= 0.6 is 0 Å². The first-order valence-electron chi connectivity index (χ1n) is 7.55. The summed E-state index contributed by atoms with van der Waals surface area (Å²) in [5.74, 6) is 2.64. The molecule has 2 aliphatic rings. The first-order valence-corrected chi connectivity index (χ1v) is 7.55. The summed E-state index contributed by atoms with van der Waals surface area (Å²) in [6.45, 7) is 0. The number of hydrogen-bond donors (Lipinski definition) is 2. The van der Waals surface area contributed by atoms with Gasteiger partial charge in [0, 0.05) is 17.3 Å². The zero-order chi connectivity index (χ0) is 15.5. The zero-order valence-electron chi connectivity index (χ0n) is 12.4. The van der Waals surface area contributed by atoms with Crippen LogP contribution in [0.5, 0.6) is 0 Å². The number of aromatic nitrogens is 2. The Morgan fingerprint density at radius 1 is 1.09 bits per heavy atom. The fraction of sp³-hybridized carbons (Fsp3) is 0.158. The number of rotatable bonds is 1. The lowest BCUT2D eigenvalue weighted by atomic mass is 10.2. The molecule has 2 aromatic rings. The van der Waals surface area contributed by atoms with Crippen LogP contribution in [0.2, 0.25) is 0 Å². The lowest BCUT2D eigenvalue weighted by Crippen LogP contribution is -2.14. The van der Waals surface area contributed by atoms with Crippen LogP contribution in [-0.4, -0.2) is 28.1 Å². The Kier molecular flexibility index (Phi) is 3.42. The van der Waals surface area contributed by atoms with Crippen molar-refractivity contribution in [1.29, 1.82) is 0 Å². The maximum Gasteiger partial charge on any atom is 0.126 e. The fourth-order valence-electron chi connectivity index (χ4n) is 2.56. The van der Waals surface area contributed by atoms with Crippen LogP contribution in [0.15, 0.2) is 51.8 Å². The van der Waals surface area contributed by atoms with Crippen LogP contribution in [0.25, 0.3) is 17.5 Å². The number of aliphatic imine (C=N–C) groups is 2. The van der Waals surface area contributed by atoms with Gasteiger partial charge in [0.05, 0.1) is 22.1 Å². The van der Waals surface area contributed by atoms with E-state index in [-0.39, 0.29) is 0 Å². The molecule has 2 N–H and O–H groups in total. The average molecular weight is 298 g/mol. The predicted molar refractivity (Wildman–Crippen MR) is 91.0 cm³/mol. The second kappa shape index (κ2) is 5.87. The first-order chi connectivity index (χ1) is 11.3. The van der Waals surface area contributed by atoms with Crippen LogP contribution < -0.4 is 21.4 Å². The van der Waals surface area contributed by atoms with Crippen molar-refractivity contribution in [2.75, 3.05) is 0 Å². The molecule has 0 spiro atoms. The molecular weight excluding hydrogens is 284 g/mol. The molecular formula is C19H14N4. The quantitative estimate of drug-likeness (QED) is 0.683. The van der Waals surface area contributed by atoms with Gasteiger partial charge in [-0.2, -0.15) is 4.99 Å². The Bertz CT molecular complexity index is 1140. The van der Waals surface area contributed by atoms with Gasteiger partial charge in [-0.15, -0.1) is 0 Å². The van der Waals surface area contributed by atoms with Crippen molar-refractivity contribution in [3.63, 3.8) is 0 Å². The Hall–Kier alpha value is -3.24. The van der Waals surface area contributed by atoms with E-state index in [0.29, 0.717) is 11.7 Å². The third-order valence-corrected chi connectivity index (χ3v) is 3.64. The molecule has 0 saturated carbocycles. The molecule has 0 aliphatic carbocycles. The Morgan fingerprint density at radius 2 is 1.91 bits per heavy atom. The maximum atomic E-state index is 4.42. The molecule has 4 heterocycles. The number of nitrogens with one attached hydrogen (secondary N) is 2. The van der Waals surface area contributed by atoms with E-state index in [9.17, 15) is 0 Å². The molecule has 0 fully saturated rings. The molecule has 4 rings (SSSR count). The highest BCUT2D eigenvalue weighted by Gasteiger charge is 2.05. The molecule has 0 radical (unpaired) electrons. The van der Waals surface area contributed by atoms with Gasteiger partial charge in [-0.1, -0.05) is 11.5 Å². The van der Waals surface area contributed by atoms with Crippen LogP contribution in [0.1, 0.15) is 12.8 Å². The Balaban J connectivity index is 1.77. The van der Waals surface area contributed by atoms with Gasteiger partial charge in [-0.25, -0.2) is 0 Å². The third kappa shape index (κ3) is 3.17. The number of allylic oxidation sites excluding steroid dienone is 1. The van der Waals surface area contributed by atoms with Gasteiger partial charge in [0.25, 0.3) is 0 Å². The summed E-state index contributed by atoms with van der Waals surface area (Å²) in [4.78, 5) is 15.0. The molecule has 4 nitrogen and oxygen atoms in total. The lowest BCUT2D eigenvalue weighted by molar-refractivity contribution is 0.838. The fourth-order valence-corrected chi connectivity index (χ4v) is 2.56. The van der Waals surface area contributed by atoms with Crippen LogP contribution in [0.4, 0.5) is 0 Å². The maximum absolute atomic E-state index is 4.42. The van der Waals surface area contributed by atoms with Gasteiger partial charge in [0.15, 0.2) is 0 Å². The van der Waals surface area contributed by atoms with Crippen LogP contribution in [0, 0.1) is 0 Å². The van der Waals surface area contributed by atoms with Gasteiger partial charge in [0.1, 0.15) is 5.70 Å². The van der Waals surface area contributed by atoms with Crippen molar-refractivity contribution < 1.29 is 0 Å². The van der Waals surface area contributed by atoms with Crippen molar-refractivity contribution >= 4 is 29.6 Å². The second-order valence-corrected chi connectivity index (χ2v) is 5.40. The zero-order valence-corrected chi connectivity index (χ0v) is 12.4. The molecule has 2 aliphatic heterocycles. The minimum Gasteiger partial charge on any atom is -0.349 e. The van der Waals surface area contributed by atoms with E-state index in [0.717, 1.165) is 34.2 Å². The van der Waals surface area contributed by atoms with E-state index >= 15 is 0 Å². The van der Waals surface area contributed by atoms with Crippen molar-refractivity contribution in [2.24, 2.45) is 9.98 Å². The molecule has 0 saturated heterocycles. The summed E-state index contributed by atoms with van der Waals surface area (Å²) >= 11 is 0. The third-order valence-electron chi connectivity index (χ3n) is 3.64. The van der Waals surface area contributed by atoms with Crippen molar-refractivity contribution in [2.45, 2.75) is 18.9 Å². The monoisotopic (exact) mass is 298 g/mol. The minimum absolute atomic E-state index is 0.299. The highest BCUT2D eigenvalue weighted by molar-refractivity contribution is 5.62. The highest BCUT2D eigenvalue weighted by atomic mass is 14.8. The molecule has 0 aromatic carbocycles. The van der Waals surface area contributed by atoms with E-state index < -0.39 is 0 Å². The Morgan fingerprint density at radius 3 is 2.70 bits per heavy atom. The second-order valence-electron chi connectivity index (χ2n) is 5.40. The van der Waals surface area contributed by atoms with Gasteiger partial charge in [0.2, 0.25) is 0 Å². The van der Waals surface area contributed by atoms with E-state index in [4.69, 9.17) is 0 Å². The topological polar surface area (TPSA) is 56.3 Å². The molecule has 2 aromatic heterocycles. The summed E-state index contributed by atoms with van der Waals surface area (Å²) in [5.41, 5.74) is 9.94. The van der Waals surface area contributed by atoms with E-state index in [1.807, 2.05) is 24.4 Å². The molecule has 23 heavy (non-hydrogen) atoms. The lowest BCUT2D eigenvalue weighted by Gasteiger charge is -1.94. The standard InChI is InChI=1S/C19H14N4/c1-3-14(20-9-1)11-16-5-7-18(22-16)13-19-8-6-17(23-19)12-15-4-2-10-21-15/h4-9,11,14,22-23H,1,3H2. The van der Waals surface area contributed by atoms with Crippen molar-refractivity contribution in [3.05, 3.63) is 63.2 Å². The number of H-pyrrole nitrogens is 2. The van der Waals surface area contributed by atoms with Crippen molar-refractivity contribution in [1.82, 2.24) is 9.97 Å². The smallest absolute Gasteiger partial charge is 0.126 e. The molecule has 1 unspecified atom stereocenters. The molecule has 0 bridgehead atoms. The summed E-state index contributed by atoms with van der Waals surface area (Å²) < 4.78 is 0. The van der Waals surface area contributed by atoms with E-state index in [2.05, 4.69) is 55.2 Å². The van der Waals surface area contributed by atoms with E-state index in [1.54, 1.807) is 6.08 Å². The van der Waals surface area contributed by atoms with Crippen LogP contribution in [0.3, 0.4) is 0 Å². The summed E-state index contributed by atoms with van der Waals surface area (Å²) in [7, 11) is 0. The molecule has 1 atom stereocenters. The minimum atomic E-state index is 0.299.